The summed E-state index contributed by atoms with van der Waals surface area (Å²) < 4.78 is 27.2. The minimum Gasteiger partial charge on any atom is -0.381 e. The van der Waals surface area contributed by atoms with Gasteiger partial charge in [0.25, 0.3) is 5.91 Å². The van der Waals surface area contributed by atoms with Gasteiger partial charge < -0.3 is 10.6 Å². The van der Waals surface area contributed by atoms with E-state index in [-0.39, 0.29) is 16.8 Å². The van der Waals surface area contributed by atoms with Crippen LogP contribution in [0.25, 0.3) is 0 Å². The number of carbonyl (C=O) groups excluding carboxylic acids is 1. The second kappa shape index (κ2) is 4.55. The van der Waals surface area contributed by atoms with E-state index in [1.165, 1.54) is 0 Å². The first-order chi connectivity index (χ1) is 8.45. The molecule has 1 fully saturated rings. The highest BCUT2D eigenvalue weighted by molar-refractivity contribution is 5.95. The van der Waals surface area contributed by atoms with Crippen LogP contribution in [0, 0.1) is 11.6 Å². The van der Waals surface area contributed by atoms with Crippen LogP contribution in [0.4, 0.5) is 14.5 Å². The molecule has 0 radical (unpaired) electrons. The molecule has 3 nitrogen and oxygen atoms in total. The Hall–Kier alpha value is -1.65. The molecule has 1 aliphatic carbocycles. The van der Waals surface area contributed by atoms with Crippen molar-refractivity contribution in [3.8, 4) is 0 Å². The second-order valence-electron chi connectivity index (χ2n) is 4.86. The van der Waals surface area contributed by atoms with Gasteiger partial charge in [-0.2, -0.15) is 0 Å². The van der Waals surface area contributed by atoms with Crippen molar-refractivity contribution in [1.82, 2.24) is 5.32 Å². The Kier molecular flexibility index (Phi) is 3.24. The third-order valence-corrected chi connectivity index (χ3v) is 3.07. The Labute approximate surface area is 105 Å². The zero-order valence-corrected chi connectivity index (χ0v) is 10.4. The van der Waals surface area contributed by atoms with Crippen LogP contribution in [0.1, 0.15) is 37.0 Å². The van der Waals surface area contributed by atoms with E-state index < -0.39 is 17.5 Å². The Morgan fingerprint density at radius 3 is 2.33 bits per heavy atom. The molecule has 0 aliphatic heterocycles. The highest BCUT2D eigenvalue weighted by Gasteiger charge is 2.38. The van der Waals surface area contributed by atoms with E-state index in [9.17, 15) is 13.6 Å². The van der Waals surface area contributed by atoms with Crippen LogP contribution in [0.2, 0.25) is 0 Å². The molecule has 1 aromatic rings. The Morgan fingerprint density at radius 1 is 1.33 bits per heavy atom. The number of hydrogen-bond donors (Lipinski definition) is 2. The highest BCUT2D eigenvalue weighted by Crippen LogP contribution is 2.34. The fourth-order valence-electron chi connectivity index (χ4n) is 1.71. The van der Waals surface area contributed by atoms with Gasteiger partial charge in [-0.3, -0.25) is 4.79 Å². The van der Waals surface area contributed by atoms with Crippen molar-refractivity contribution in [3.63, 3.8) is 0 Å². The molecule has 0 aromatic heterocycles. The fourth-order valence-corrected chi connectivity index (χ4v) is 1.71. The average molecular weight is 254 g/mol. The van der Waals surface area contributed by atoms with Crippen molar-refractivity contribution in [3.05, 3.63) is 29.3 Å². The standard InChI is InChI=1S/C13H16F2N2O/c1-3-16-11-9(14)6-8(7-10(11)15)12(18)17-13(2)4-5-13/h6-7,16H,3-5H2,1-2H3,(H,17,18). The summed E-state index contributed by atoms with van der Waals surface area (Å²) in [5.41, 5.74) is -0.379. The summed E-state index contributed by atoms with van der Waals surface area (Å²) in [7, 11) is 0. The summed E-state index contributed by atoms with van der Waals surface area (Å²) in [4.78, 5) is 11.8. The number of benzene rings is 1. The molecule has 0 saturated heterocycles. The van der Waals surface area contributed by atoms with Crippen LogP contribution in [0.5, 0.6) is 0 Å². The monoisotopic (exact) mass is 254 g/mol. The molecule has 0 spiro atoms. The lowest BCUT2D eigenvalue weighted by atomic mass is 10.1. The van der Waals surface area contributed by atoms with Gasteiger partial charge in [-0.15, -0.1) is 0 Å². The van der Waals surface area contributed by atoms with Crippen molar-refractivity contribution in [1.29, 1.82) is 0 Å². The lowest BCUT2D eigenvalue weighted by Crippen LogP contribution is -2.34. The molecule has 5 heteroatoms. The summed E-state index contributed by atoms with van der Waals surface area (Å²) in [5, 5.41) is 5.35. The van der Waals surface area contributed by atoms with Crippen molar-refractivity contribution in [2.45, 2.75) is 32.2 Å². The van der Waals surface area contributed by atoms with Crippen LogP contribution in [-0.4, -0.2) is 18.0 Å². The van der Waals surface area contributed by atoms with Crippen LogP contribution in [-0.2, 0) is 0 Å². The molecule has 98 valence electrons. The number of nitrogens with one attached hydrogen (secondary N) is 2. The first-order valence-electron chi connectivity index (χ1n) is 6.00. The van der Waals surface area contributed by atoms with E-state index in [0.29, 0.717) is 6.54 Å². The normalized spacial score (nSPS) is 16.2. The first kappa shape index (κ1) is 12.8. The third-order valence-electron chi connectivity index (χ3n) is 3.07. The molecule has 1 amide bonds. The van der Waals surface area contributed by atoms with Gasteiger partial charge in [-0.1, -0.05) is 0 Å². The maximum absolute atomic E-state index is 13.6. The van der Waals surface area contributed by atoms with Gasteiger partial charge in [0, 0.05) is 17.6 Å². The van der Waals surface area contributed by atoms with Crippen LogP contribution in [0.3, 0.4) is 0 Å². The lowest BCUT2D eigenvalue weighted by Gasteiger charge is -2.13. The number of rotatable bonds is 4. The maximum atomic E-state index is 13.6. The predicted molar refractivity (Wildman–Crippen MR) is 65.6 cm³/mol. The number of anilines is 1. The predicted octanol–water partition coefficient (Wildman–Crippen LogP) is 2.68. The van der Waals surface area contributed by atoms with Crippen molar-refractivity contribution < 1.29 is 13.6 Å². The maximum Gasteiger partial charge on any atom is 0.251 e. The number of carbonyl (C=O) groups is 1. The van der Waals surface area contributed by atoms with Crippen molar-refractivity contribution in [2.24, 2.45) is 0 Å². The van der Waals surface area contributed by atoms with E-state index in [1.807, 2.05) is 6.92 Å². The quantitative estimate of drug-likeness (QED) is 0.867. The lowest BCUT2D eigenvalue weighted by molar-refractivity contribution is 0.0934. The molecule has 0 unspecified atom stereocenters. The van der Waals surface area contributed by atoms with Gasteiger partial charge in [-0.05, 0) is 38.8 Å². The number of amides is 1. The SMILES string of the molecule is CCNc1c(F)cc(C(=O)NC2(C)CC2)cc1F. The summed E-state index contributed by atoms with van der Waals surface area (Å²) in [6.45, 7) is 4.06. The van der Waals surface area contributed by atoms with E-state index >= 15 is 0 Å². The van der Waals surface area contributed by atoms with Gasteiger partial charge in [0.05, 0.1) is 0 Å². The molecular formula is C13H16F2N2O. The summed E-state index contributed by atoms with van der Waals surface area (Å²) >= 11 is 0. The molecule has 0 bridgehead atoms. The van der Waals surface area contributed by atoms with Crippen LogP contribution < -0.4 is 10.6 Å². The highest BCUT2D eigenvalue weighted by atomic mass is 19.1. The molecule has 2 N–H and O–H groups in total. The zero-order valence-electron chi connectivity index (χ0n) is 10.4. The van der Waals surface area contributed by atoms with Gasteiger partial charge in [0.2, 0.25) is 0 Å². The van der Waals surface area contributed by atoms with E-state index in [4.69, 9.17) is 0 Å². The Morgan fingerprint density at radius 2 is 1.89 bits per heavy atom. The average Bonchev–Trinajstić information content (AvgIpc) is 3.01. The molecule has 0 atom stereocenters. The first-order valence-corrected chi connectivity index (χ1v) is 6.00. The fraction of sp³-hybridized carbons (Fsp3) is 0.462. The molecule has 1 aromatic carbocycles. The molecule has 0 heterocycles. The minimum absolute atomic E-state index is 0.0137. The Bertz CT molecular complexity index is 461. The third kappa shape index (κ3) is 2.60. The number of halogens is 2. The van der Waals surface area contributed by atoms with E-state index in [0.717, 1.165) is 25.0 Å². The van der Waals surface area contributed by atoms with Gasteiger partial charge in [0.15, 0.2) is 0 Å². The minimum atomic E-state index is -0.747. The van der Waals surface area contributed by atoms with Crippen molar-refractivity contribution in [2.75, 3.05) is 11.9 Å². The molecular weight excluding hydrogens is 238 g/mol. The van der Waals surface area contributed by atoms with Gasteiger partial charge >= 0.3 is 0 Å². The number of hydrogen-bond acceptors (Lipinski definition) is 2. The largest absolute Gasteiger partial charge is 0.381 e. The van der Waals surface area contributed by atoms with Crippen molar-refractivity contribution >= 4 is 11.6 Å². The molecule has 2 rings (SSSR count). The smallest absolute Gasteiger partial charge is 0.251 e. The molecule has 18 heavy (non-hydrogen) atoms. The molecule has 1 saturated carbocycles. The van der Waals surface area contributed by atoms with E-state index in [2.05, 4.69) is 10.6 Å². The summed E-state index contributed by atoms with van der Waals surface area (Å²) in [6.07, 6.45) is 1.80. The van der Waals surface area contributed by atoms with E-state index in [1.54, 1.807) is 6.92 Å². The second-order valence-corrected chi connectivity index (χ2v) is 4.86. The van der Waals surface area contributed by atoms with Crippen LogP contribution in [0.15, 0.2) is 12.1 Å². The van der Waals surface area contributed by atoms with Crippen LogP contribution >= 0.6 is 0 Å². The Balaban J connectivity index is 2.21. The van der Waals surface area contributed by atoms with Gasteiger partial charge in [0.1, 0.15) is 17.3 Å². The summed E-state index contributed by atoms with van der Waals surface area (Å²) in [6, 6.07) is 2.12. The van der Waals surface area contributed by atoms with Gasteiger partial charge in [-0.25, -0.2) is 8.78 Å². The topological polar surface area (TPSA) is 41.1 Å². The summed E-state index contributed by atoms with van der Waals surface area (Å²) in [5.74, 6) is -1.93. The zero-order chi connectivity index (χ0) is 13.3. The molecule has 1 aliphatic rings.